The molecule has 126 valence electrons. The van der Waals surface area contributed by atoms with Crippen molar-refractivity contribution in [2.24, 2.45) is 0 Å². The highest BCUT2D eigenvalue weighted by atomic mass is 16.5. The van der Waals surface area contributed by atoms with E-state index >= 15 is 0 Å². The predicted molar refractivity (Wildman–Crippen MR) is 90.7 cm³/mol. The van der Waals surface area contributed by atoms with E-state index in [2.05, 4.69) is 6.92 Å². The van der Waals surface area contributed by atoms with E-state index in [1.165, 1.54) is 0 Å². The van der Waals surface area contributed by atoms with Crippen molar-refractivity contribution in [1.29, 1.82) is 0 Å². The molecular formula is C18H26N2O3. The second kappa shape index (κ2) is 8.56. The van der Waals surface area contributed by atoms with Crippen LogP contribution in [0.25, 0.3) is 0 Å². The van der Waals surface area contributed by atoms with Crippen molar-refractivity contribution < 1.29 is 14.3 Å². The molecule has 0 N–H and O–H groups in total. The summed E-state index contributed by atoms with van der Waals surface area (Å²) in [7, 11) is 0. The van der Waals surface area contributed by atoms with Gasteiger partial charge in [-0.1, -0.05) is 13.3 Å². The number of hydrogen-bond acceptors (Lipinski definition) is 3. The summed E-state index contributed by atoms with van der Waals surface area (Å²) in [5.74, 6) is 0.836. The molecule has 0 unspecified atom stereocenters. The summed E-state index contributed by atoms with van der Waals surface area (Å²) in [5.41, 5.74) is 0.893. The van der Waals surface area contributed by atoms with Crippen molar-refractivity contribution in [3.8, 4) is 5.75 Å². The highest BCUT2D eigenvalue weighted by Gasteiger charge is 2.21. The van der Waals surface area contributed by atoms with Crippen LogP contribution in [0, 0.1) is 0 Å². The summed E-state index contributed by atoms with van der Waals surface area (Å²) < 4.78 is 5.58. The molecule has 2 amide bonds. The maximum atomic E-state index is 12.1. The normalized spacial score (nSPS) is 14.2. The molecular weight excluding hydrogens is 292 g/mol. The van der Waals surface area contributed by atoms with Gasteiger partial charge in [0.05, 0.1) is 0 Å². The Hall–Kier alpha value is -2.04. The van der Waals surface area contributed by atoms with Crippen LogP contribution < -0.4 is 9.64 Å². The SMILES string of the molecule is CCCCN(CC)C(=O)COc1ccc(N2CCCC2=O)cc1. The maximum Gasteiger partial charge on any atom is 0.260 e. The number of ether oxygens (including phenoxy) is 1. The summed E-state index contributed by atoms with van der Waals surface area (Å²) >= 11 is 0. The van der Waals surface area contributed by atoms with Gasteiger partial charge in [0, 0.05) is 31.7 Å². The first-order valence-corrected chi connectivity index (χ1v) is 8.46. The molecule has 1 saturated heterocycles. The molecule has 1 aromatic carbocycles. The number of anilines is 1. The molecule has 0 spiro atoms. The van der Waals surface area contributed by atoms with Crippen LogP contribution >= 0.6 is 0 Å². The van der Waals surface area contributed by atoms with Crippen LogP contribution in [0.1, 0.15) is 39.5 Å². The molecule has 1 aliphatic rings. The predicted octanol–water partition coefficient (Wildman–Crippen LogP) is 2.84. The van der Waals surface area contributed by atoms with E-state index in [-0.39, 0.29) is 18.4 Å². The standard InChI is InChI=1S/C18H26N2O3/c1-3-5-12-19(4-2)18(22)14-23-16-10-8-15(9-11-16)20-13-6-7-17(20)21/h8-11H,3-7,12-14H2,1-2H3. The lowest BCUT2D eigenvalue weighted by Gasteiger charge is -2.21. The zero-order valence-electron chi connectivity index (χ0n) is 14.1. The lowest BCUT2D eigenvalue weighted by Crippen LogP contribution is -2.35. The molecule has 5 heteroatoms. The third-order valence-corrected chi connectivity index (χ3v) is 4.10. The van der Waals surface area contributed by atoms with Gasteiger partial charge in [-0.15, -0.1) is 0 Å². The van der Waals surface area contributed by atoms with Crippen molar-refractivity contribution in [1.82, 2.24) is 4.90 Å². The molecule has 0 saturated carbocycles. The lowest BCUT2D eigenvalue weighted by molar-refractivity contribution is -0.133. The minimum Gasteiger partial charge on any atom is -0.484 e. The van der Waals surface area contributed by atoms with Crippen LogP contribution in [-0.4, -0.2) is 43.0 Å². The Kier molecular flexibility index (Phi) is 6.44. The Labute approximate surface area is 138 Å². The summed E-state index contributed by atoms with van der Waals surface area (Å²) in [5, 5.41) is 0. The smallest absolute Gasteiger partial charge is 0.260 e. The van der Waals surface area contributed by atoms with E-state index in [0.29, 0.717) is 18.7 Å². The van der Waals surface area contributed by atoms with Crippen LogP contribution in [0.3, 0.4) is 0 Å². The molecule has 0 atom stereocenters. The zero-order chi connectivity index (χ0) is 16.7. The minimum absolute atomic E-state index is 0.0137. The zero-order valence-corrected chi connectivity index (χ0v) is 14.1. The second-order valence-corrected chi connectivity index (χ2v) is 5.76. The van der Waals surface area contributed by atoms with Gasteiger partial charge < -0.3 is 14.5 Å². The van der Waals surface area contributed by atoms with E-state index in [9.17, 15) is 9.59 Å². The number of rotatable bonds is 8. The fourth-order valence-corrected chi connectivity index (χ4v) is 2.69. The molecule has 0 radical (unpaired) electrons. The average molecular weight is 318 g/mol. The Bertz CT molecular complexity index is 528. The average Bonchev–Trinajstić information content (AvgIpc) is 3.00. The summed E-state index contributed by atoms with van der Waals surface area (Å²) in [6.07, 6.45) is 3.62. The molecule has 0 aliphatic carbocycles. The van der Waals surface area contributed by atoms with E-state index in [1.807, 2.05) is 36.1 Å². The third kappa shape index (κ3) is 4.71. The van der Waals surface area contributed by atoms with Crippen LogP contribution in [-0.2, 0) is 9.59 Å². The first kappa shape index (κ1) is 17.3. The van der Waals surface area contributed by atoms with Gasteiger partial charge in [0.25, 0.3) is 5.91 Å². The van der Waals surface area contributed by atoms with Gasteiger partial charge in [-0.2, -0.15) is 0 Å². The van der Waals surface area contributed by atoms with Crippen LogP contribution in [0.2, 0.25) is 0 Å². The van der Waals surface area contributed by atoms with Crippen LogP contribution in [0.15, 0.2) is 24.3 Å². The number of carbonyl (C=O) groups is 2. The first-order valence-electron chi connectivity index (χ1n) is 8.46. The molecule has 1 fully saturated rings. The molecule has 23 heavy (non-hydrogen) atoms. The van der Waals surface area contributed by atoms with E-state index < -0.39 is 0 Å². The Morgan fingerprint density at radius 2 is 2.00 bits per heavy atom. The Balaban J connectivity index is 1.86. The molecule has 0 aromatic heterocycles. The van der Waals surface area contributed by atoms with Gasteiger partial charge >= 0.3 is 0 Å². The minimum atomic E-state index is 0.0137. The summed E-state index contributed by atoms with van der Waals surface area (Å²) in [6, 6.07) is 7.38. The number of hydrogen-bond donors (Lipinski definition) is 0. The van der Waals surface area contributed by atoms with Crippen molar-refractivity contribution in [2.45, 2.75) is 39.5 Å². The number of carbonyl (C=O) groups excluding carboxylic acids is 2. The summed E-state index contributed by atoms with van der Waals surface area (Å²) in [6.45, 7) is 6.42. The Morgan fingerprint density at radius 1 is 1.26 bits per heavy atom. The number of nitrogens with zero attached hydrogens (tertiary/aromatic N) is 2. The van der Waals surface area contributed by atoms with Gasteiger partial charge in [-0.05, 0) is 44.0 Å². The molecule has 2 rings (SSSR count). The molecule has 5 nitrogen and oxygen atoms in total. The maximum absolute atomic E-state index is 12.1. The Morgan fingerprint density at radius 3 is 2.57 bits per heavy atom. The van der Waals surface area contributed by atoms with Gasteiger partial charge in [0.15, 0.2) is 6.61 Å². The number of amides is 2. The molecule has 1 aliphatic heterocycles. The van der Waals surface area contributed by atoms with Gasteiger partial charge in [0.2, 0.25) is 5.91 Å². The quantitative estimate of drug-likeness (QED) is 0.740. The molecule has 0 bridgehead atoms. The van der Waals surface area contributed by atoms with Gasteiger partial charge in [-0.3, -0.25) is 9.59 Å². The summed E-state index contributed by atoms with van der Waals surface area (Å²) in [4.78, 5) is 27.4. The number of likely N-dealkylation sites (N-methyl/N-ethyl adjacent to an activating group) is 1. The highest BCUT2D eigenvalue weighted by molar-refractivity contribution is 5.95. The largest absolute Gasteiger partial charge is 0.484 e. The third-order valence-electron chi connectivity index (χ3n) is 4.10. The van der Waals surface area contributed by atoms with Crippen LogP contribution in [0.4, 0.5) is 5.69 Å². The molecule has 1 heterocycles. The lowest BCUT2D eigenvalue weighted by atomic mass is 10.3. The highest BCUT2D eigenvalue weighted by Crippen LogP contribution is 2.23. The van der Waals surface area contributed by atoms with Gasteiger partial charge in [0.1, 0.15) is 5.75 Å². The fourth-order valence-electron chi connectivity index (χ4n) is 2.69. The number of benzene rings is 1. The molecule has 1 aromatic rings. The fraction of sp³-hybridized carbons (Fsp3) is 0.556. The van der Waals surface area contributed by atoms with Crippen molar-refractivity contribution in [2.75, 3.05) is 31.1 Å². The first-order chi connectivity index (χ1) is 11.2. The van der Waals surface area contributed by atoms with Crippen molar-refractivity contribution in [3.05, 3.63) is 24.3 Å². The van der Waals surface area contributed by atoms with Crippen molar-refractivity contribution >= 4 is 17.5 Å². The second-order valence-electron chi connectivity index (χ2n) is 5.76. The van der Waals surface area contributed by atoms with Gasteiger partial charge in [-0.25, -0.2) is 0 Å². The topological polar surface area (TPSA) is 49.9 Å². The van der Waals surface area contributed by atoms with Crippen LogP contribution in [0.5, 0.6) is 5.75 Å². The van der Waals surface area contributed by atoms with E-state index in [0.717, 1.165) is 38.0 Å². The van der Waals surface area contributed by atoms with E-state index in [1.54, 1.807) is 4.90 Å². The van der Waals surface area contributed by atoms with Crippen molar-refractivity contribution in [3.63, 3.8) is 0 Å². The monoisotopic (exact) mass is 318 g/mol. The number of unbranched alkanes of at least 4 members (excludes halogenated alkanes) is 1. The van der Waals surface area contributed by atoms with E-state index in [4.69, 9.17) is 4.74 Å².